The van der Waals surface area contributed by atoms with E-state index >= 15 is 0 Å². The van der Waals surface area contributed by atoms with Crippen LogP contribution in [0.5, 0.6) is 0 Å². The van der Waals surface area contributed by atoms with Crippen molar-refractivity contribution in [1.82, 2.24) is 5.32 Å². The largest absolute Gasteiger partial charge is 0.353 e. The molecule has 24 heavy (non-hydrogen) atoms. The normalized spacial score (nSPS) is 28.6. The third kappa shape index (κ3) is 4.69. The van der Waals surface area contributed by atoms with Gasteiger partial charge in [-0.2, -0.15) is 0 Å². The Hall–Kier alpha value is -1.62. The number of carbonyl (C=O) groups is 1. The zero-order chi connectivity index (χ0) is 17.0. The third-order valence-corrected chi connectivity index (χ3v) is 6.51. The van der Waals surface area contributed by atoms with Crippen molar-refractivity contribution >= 4 is 15.7 Å². The molecule has 1 N–H and O–H groups in total. The van der Waals surface area contributed by atoms with Gasteiger partial charge in [0.05, 0.1) is 5.75 Å². The Bertz CT molecular complexity index is 697. The summed E-state index contributed by atoms with van der Waals surface area (Å²) in [5, 5.41) is 4.42. The molecule has 1 aliphatic heterocycles. The van der Waals surface area contributed by atoms with E-state index in [1.807, 2.05) is 6.07 Å². The van der Waals surface area contributed by atoms with Crippen molar-refractivity contribution in [3.8, 4) is 0 Å². The van der Waals surface area contributed by atoms with Gasteiger partial charge in [0.15, 0.2) is 9.84 Å². The number of sulfone groups is 1. The van der Waals surface area contributed by atoms with Gasteiger partial charge in [0.1, 0.15) is 0 Å². The van der Waals surface area contributed by atoms with Crippen LogP contribution < -0.4 is 5.32 Å². The molecule has 1 aliphatic carbocycles. The van der Waals surface area contributed by atoms with Gasteiger partial charge in [0.25, 0.3) is 0 Å². The minimum atomic E-state index is -3.09. The number of benzene rings is 1. The van der Waals surface area contributed by atoms with Gasteiger partial charge >= 0.3 is 0 Å². The van der Waals surface area contributed by atoms with Crippen LogP contribution in [0, 0.1) is 11.8 Å². The molecule has 1 amide bonds. The van der Waals surface area contributed by atoms with E-state index in [-0.39, 0.29) is 30.0 Å². The summed E-state index contributed by atoms with van der Waals surface area (Å²) in [4.78, 5) is 12.3. The quantitative estimate of drug-likeness (QED) is 0.891. The van der Waals surface area contributed by atoms with Crippen molar-refractivity contribution in [2.24, 2.45) is 11.8 Å². The molecule has 4 nitrogen and oxygen atoms in total. The predicted molar refractivity (Wildman–Crippen MR) is 95.1 cm³/mol. The van der Waals surface area contributed by atoms with E-state index in [1.165, 1.54) is 17.4 Å². The molecule has 3 atom stereocenters. The summed E-state index contributed by atoms with van der Waals surface area (Å²) < 4.78 is 22.9. The lowest BCUT2D eigenvalue weighted by Crippen LogP contribution is -2.43. The molecule has 0 spiro atoms. The average molecular weight is 347 g/mol. The molecule has 3 rings (SSSR count). The Kier molecular flexibility index (Phi) is 5.39. The van der Waals surface area contributed by atoms with Gasteiger partial charge in [0.2, 0.25) is 5.91 Å². The number of amides is 1. The highest BCUT2D eigenvalue weighted by Gasteiger charge is 2.29. The number of nitrogens with one attached hydrogen (secondary N) is 1. The van der Waals surface area contributed by atoms with E-state index in [2.05, 4.69) is 29.6 Å². The Balaban J connectivity index is 1.55. The summed E-state index contributed by atoms with van der Waals surface area (Å²) in [5.74, 6) is 0.337. The molecule has 130 valence electrons. The van der Waals surface area contributed by atoms with Crippen molar-refractivity contribution in [3.05, 3.63) is 47.4 Å². The SMILES string of the molecule is O=C(C[C@@H]1C=CS(=O)(=O)C1)N[C@H]1CCCC[C@H]1Cc1ccccc1. The Morgan fingerprint density at radius 1 is 1.12 bits per heavy atom. The fourth-order valence-electron chi connectivity index (χ4n) is 3.83. The molecule has 1 heterocycles. The second-order valence-electron chi connectivity index (χ2n) is 7.03. The molecular weight excluding hydrogens is 322 g/mol. The van der Waals surface area contributed by atoms with Crippen LogP contribution in [0.15, 0.2) is 41.8 Å². The van der Waals surface area contributed by atoms with Crippen LogP contribution in [0.3, 0.4) is 0 Å². The first kappa shape index (κ1) is 17.2. The lowest BCUT2D eigenvalue weighted by Gasteiger charge is -2.32. The highest BCUT2D eigenvalue weighted by Crippen LogP contribution is 2.28. The van der Waals surface area contributed by atoms with E-state index in [4.69, 9.17) is 0 Å². The molecule has 0 saturated heterocycles. The van der Waals surface area contributed by atoms with Crippen LogP contribution in [0.25, 0.3) is 0 Å². The molecule has 0 unspecified atom stereocenters. The third-order valence-electron chi connectivity index (χ3n) is 5.05. The zero-order valence-corrected chi connectivity index (χ0v) is 14.7. The topological polar surface area (TPSA) is 63.2 Å². The second kappa shape index (κ2) is 7.51. The first-order valence-corrected chi connectivity index (χ1v) is 10.5. The standard InChI is InChI=1S/C19H25NO3S/c21-19(13-16-10-11-24(22,23)14-16)20-18-9-5-4-8-17(18)12-15-6-2-1-3-7-15/h1-3,6-7,10-11,16-18H,4-5,8-9,12-14H2,(H,20,21)/t16-,17-,18-/m0/s1. The molecule has 1 aromatic carbocycles. The molecule has 2 aliphatic rings. The van der Waals surface area contributed by atoms with Crippen molar-refractivity contribution in [1.29, 1.82) is 0 Å². The summed E-state index contributed by atoms with van der Waals surface area (Å²) in [6.45, 7) is 0. The molecule has 0 radical (unpaired) electrons. The summed E-state index contributed by atoms with van der Waals surface area (Å²) >= 11 is 0. The molecule has 0 aromatic heterocycles. The maximum absolute atomic E-state index is 12.3. The first-order valence-electron chi connectivity index (χ1n) is 8.76. The Labute approximate surface area is 144 Å². The minimum Gasteiger partial charge on any atom is -0.353 e. The van der Waals surface area contributed by atoms with Gasteiger partial charge in [-0.15, -0.1) is 0 Å². The zero-order valence-electron chi connectivity index (χ0n) is 13.9. The number of rotatable bonds is 5. The fourth-order valence-corrected chi connectivity index (χ4v) is 5.23. The lowest BCUT2D eigenvalue weighted by molar-refractivity contribution is -0.122. The van der Waals surface area contributed by atoms with Crippen molar-refractivity contribution < 1.29 is 13.2 Å². The van der Waals surface area contributed by atoms with Crippen LogP contribution in [0.2, 0.25) is 0 Å². The molecular formula is C19H25NO3S. The smallest absolute Gasteiger partial charge is 0.220 e. The molecule has 5 heteroatoms. The fraction of sp³-hybridized carbons (Fsp3) is 0.526. The van der Waals surface area contributed by atoms with Gasteiger partial charge in [-0.1, -0.05) is 49.2 Å². The van der Waals surface area contributed by atoms with Gasteiger partial charge in [-0.25, -0.2) is 8.42 Å². The molecule has 0 bridgehead atoms. The van der Waals surface area contributed by atoms with Crippen LogP contribution in [-0.4, -0.2) is 26.1 Å². The average Bonchev–Trinajstić information content (AvgIpc) is 2.89. The summed E-state index contributed by atoms with van der Waals surface area (Å²) in [6.07, 6.45) is 7.42. The van der Waals surface area contributed by atoms with Crippen molar-refractivity contribution in [2.75, 3.05) is 5.75 Å². The van der Waals surface area contributed by atoms with Gasteiger partial charge in [-0.05, 0) is 30.7 Å². The summed E-state index contributed by atoms with van der Waals surface area (Å²) in [6, 6.07) is 10.6. The molecule has 1 fully saturated rings. The lowest BCUT2D eigenvalue weighted by atomic mass is 9.80. The highest BCUT2D eigenvalue weighted by molar-refractivity contribution is 7.94. The monoisotopic (exact) mass is 347 g/mol. The van der Waals surface area contributed by atoms with Crippen LogP contribution in [0.4, 0.5) is 0 Å². The minimum absolute atomic E-state index is 0.0216. The van der Waals surface area contributed by atoms with Gasteiger partial charge in [0, 0.05) is 23.8 Å². The van der Waals surface area contributed by atoms with Crippen molar-refractivity contribution in [3.63, 3.8) is 0 Å². The van der Waals surface area contributed by atoms with E-state index in [9.17, 15) is 13.2 Å². The van der Waals surface area contributed by atoms with E-state index < -0.39 is 9.84 Å². The van der Waals surface area contributed by atoms with Crippen LogP contribution in [0.1, 0.15) is 37.7 Å². The van der Waals surface area contributed by atoms with Crippen molar-refractivity contribution in [2.45, 2.75) is 44.6 Å². The highest BCUT2D eigenvalue weighted by atomic mass is 32.2. The Morgan fingerprint density at radius 2 is 1.88 bits per heavy atom. The molecule has 1 saturated carbocycles. The van der Waals surface area contributed by atoms with E-state index in [0.717, 1.165) is 25.7 Å². The maximum Gasteiger partial charge on any atom is 0.220 e. The second-order valence-corrected chi connectivity index (χ2v) is 8.96. The Morgan fingerprint density at radius 3 is 2.58 bits per heavy atom. The molecule has 1 aromatic rings. The number of allylic oxidation sites excluding steroid dienone is 1. The number of hydrogen-bond acceptors (Lipinski definition) is 3. The number of carbonyl (C=O) groups excluding carboxylic acids is 1. The van der Waals surface area contributed by atoms with Gasteiger partial charge in [-0.3, -0.25) is 4.79 Å². The predicted octanol–water partition coefficient (Wildman–Crippen LogP) is 2.85. The maximum atomic E-state index is 12.3. The number of hydrogen-bond donors (Lipinski definition) is 1. The van der Waals surface area contributed by atoms with Crippen LogP contribution in [-0.2, 0) is 21.1 Å². The van der Waals surface area contributed by atoms with E-state index in [0.29, 0.717) is 5.92 Å². The first-order chi connectivity index (χ1) is 11.5. The van der Waals surface area contributed by atoms with Crippen LogP contribution >= 0.6 is 0 Å². The summed E-state index contributed by atoms with van der Waals surface area (Å²) in [5.41, 5.74) is 1.31. The van der Waals surface area contributed by atoms with E-state index in [1.54, 1.807) is 6.08 Å². The summed E-state index contributed by atoms with van der Waals surface area (Å²) in [7, 11) is -3.09. The van der Waals surface area contributed by atoms with Gasteiger partial charge < -0.3 is 5.32 Å².